The Kier molecular flexibility index (Phi) is 2.59. The lowest BCUT2D eigenvalue weighted by molar-refractivity contribution is 0.582. The van der Waals surface area contributed by atoms with Crippen LogP contribution in [0.3, 0.4) is 0 Å². The van der Waals surface area contributed by atoms with Gasteiger partial charge in [-0.3, -0.25) is 0 Å². The molecule has 1 aromatic rings. The van der Waals surface area contributed by atoms with E-state index in [9.17, 15) is 4.39 Å². The standard InChI is InChI=1S/C8H10FIS/c1-8(2,3)5-4-6(9)11-7(5)10/h4H,1-3H3. The zero-order chi connectivity index (χ0) is 8.65. The molecule has 1 aromatic heterocycles. The van der Waals surface area contributed by atoms with Crippen LogP contribution in [-0.4, -0.2) is 0 Å². The van der Waals surface area contributed by atoms with Crippen molar-refractivity contribution in [2.75, 3.05) is 0 Å². The molecule has 0 atom stereocenters. The molecule has 0 bridgehead atoms. The fourth-order valence-electron chi connectivity index (χ4n) is 0.852. The molecular weight excluding hydrogens is 274 g/mol. The van der Waals surface area contributed by atoms with Gasteiger partial charge < -0.3 is 0 Å². The first-order valence-electron chi connectivity index (χ1n) is 3.36. The molecule has 0 nitrogen and oxygen atoms in total. The van der Waals surface area contributed by atoms with E-state index in [4.69, 9.17) is 0 Å². The van der Waals surface area contributed by atoms with Gasteiger partial charge in [0.25, 0.3) is 0 Å². The van der Waals surface area contributed by atoms with Crippen LogP contribution < -0.4 is 0 Å². The summed E-state index contributed by atoms with van der Waals surface area (Å²) in [6, 6.07) is 1.63. The van der Waals surface area contributed by atoms with Crippen LogP contribution in [0.2, 0.25) is 0 Å². The summed E-state index contributed by atoms with van der Waals surface area (Å²) in [6.07, 6.45) is 0. The largest absolute Gasteiger partial charge is 0.195 e. The van der Waals surface area contributed by atoms with Gasteiger partial charge in [-0.1, -0.05) is 32.1 Å². The first-order chi connectivity index (χ1) is 4.91. The second-order valence-corrected chi connectivity index (χ2v) is 6.30. The Hall–Kier alpha value is 0.360. The van der Waals surface area contributed by atoms with Crippen LogP contribution in [0.5, 0.6) is 0 Å². The molecule has 0 spiro atoms. The second-order valence-electron chi connectivity index (χ2n) is 3.49. The van der Waals surface area contributed by atoms with Gasteiger partial charge in [0.1, 0.15) is 0 Å². The third-order valence-electron chi connectivity index (χ3n) is 1.46. The summed E-state index contributed by atoms with van der Waals surface area (Å²) in [5.41, 5.74) is 1.18. The van der Waals surface area contributed by atoms with Crippen molar-refractivity contribution >= 4 is 33.9 Å². The highest BCUT2D eigenvalue weighted by Crippen LogP contribution is 2.32. The van der Waals surface area contributed by atoms with Crippen molar-refractivity contribution in [1.29, 1.82) is 0 Å². The predicted octanol–water partition coefficient (Wildman–Crippen LogP) is 3.79. The van der Waals surface area contributed by atoms with E-state index in [0.29, 0.717) is 0 Å². The molecule has 1 rings (SSSR count). The Balaban J connectivity index is 3.13. The SMILES string of the molecule is CC(C)(C)c1cc(F)sc1I. The molecule has 0 aliphatic rings. The molecule has 0 aliphatic heterocycles. The van der Waals surface area contributed by atoms with Crippen LogP contribution in [0.15, 0.2) is 6.07 Å². The number of hydrogen-bond donors (Lipinski definition) is 0. The zero-order valence-corrected chi connectivity index (χ0v) is 9.72. The van der Waals surface area contributed by atoms with Gasteiger partial charge >= 0.3 is 0 Å². The summed E-state index contributed by atoms with van der Waals surface area (Å²) in [5.74, 6) is 0. The molecule has 1 heterocycles. The van der Waals surface area contributed by atoms with Gasteiger partial charge in [-0.2, -0.15) is 4.39 Å². The highest BCUT2D eigenvalue weighted by molar-refractivity contribution is 14.1. The summed E-state index contributed by atoms with van der Waals surface area (Å²) in [4.78, 5) is 0. The Morgan fingerprint density at radius 3 is 2.18 bits per heavy atom. The van der Waals surface area contributed by atoms with E-state index in [1.165, 1.54) is 11.3 Å². The first-order valence-corrected chi connectivity index (χ1v) is 5.26. The van der Waals surface area contributed by atoms with Crippen LogP contribution in [0, 0.1) is 8.01 Å². The van der Waals surface area contributed by atoms with Crippen LogP contribution in [0.4, 0.5) is 4.39 Å². The normalized spacial score (nSPS) is 12.1. The molecule has 0 amide bonds. The van der Waals surface area contributed by atoms with Crippen molar-refractivity contribution in [3.63, 3.8) is 0 Å². The maximum absolute atomic E-state index is 12.7. The van der Waals surface area contributed by atoms with Crippen LogP contribution in [0.25, 0.3) is 0 Å². The Labute approximate surface area is 84.0 Å². The Morgan fingerprint density at radius 1 is 1.45 bits per heavy atom. The molecular formula is C8H10FIS. The number of thiophene rings is 1. The minimum Gasteiger partial charge on any atom is -0.195 e. The molecule has 62 valence electrons. The van der Waals surface area contributed by atoms with E-state index in [1.807, 2.05) is 0 Å². The van der Waals surface area contributed by atoms with Gasteiger partial charge in [0, 0.05) is 0 Å². The van der Waals surface area contributed by atoms with Crippen LogP contribution >= 0.6 is 33.9 Å². The molecule has 0 radical (unpaired) electrons. The lowest BCUT2D eigenvalue weighted by Crippen LogP contribution is -2.10. The Bertz CT molecular complexity index is 260. The van der Waals surface area contributed by atoms with Crippen molar-refractivity contribution in [1.82, 2.24) is 0 Å². The summed E-state index contributed by atoms with van der Waals surface area (Å²) in [6.45, 7) is 6.28. The van der Waals surface area contributed by atoms with E-state index < -0.39 is 0 Å². The summed E-state index contributed by atoms with van der Waals surface area (Å²) < 4.78 is 13.8. The van der Waals surface area contributed by atoms with Crippen molar-refractivity contribution in [3.05, 3.63) is 19.6 Å². The zero-order valence-electron chi connectivity index (χ0n) is 6.74. The molecule has 0 N–H and O–H groups in total. The van der Waals surface area contributed by atoms with Crippen molar-refractivity contribution in [3.8, 4) is 0 Å². The quantitative estimate of drug-likeness (QED) is 0.636. The number of rotatable bonds is 0. The summed E-state index contributed by atoms with van der Waals surface area (Å²) in [7, 11) is 0. The minimum atomic E-state index is -0.0840. The van der Waals surface area contributed by atoms with Crippen molar-refractivity contribution < 1.29 is 4.39 Å². The lowest BCUT2D eigenvalue weighted by Gasteiger charge is -2.16. The van der Waals surface area contributed by atoms with Crippen molar-refractivity contribution in [2.45, 2.75) is 26.2 Å². The fraction of sp³-hybridized carbons (Fsp3) is 0.500. The van der Waals surface area contributed by atoms with E-state index >= 15 is 0 Å². The van der Waals surface area contributed by atoms with E-state index in [2.05, 4.69) is 43.4 Å². The third-order valence-corrected chi connectivity index (χ3v) is 3.42. The number of hydrogen-bond acceptors (Lipinski definition) is 1. The van der Waals surface area contributed by atoms with E-state index in [-0.39, 0.29) is 10.5 Å². The fourth-order valence-corrected chi connectivity index (χ4v) is 3.27. The van der Waals surface area contributed by atoms with Gasteiger partial charge in [0.2, 0.25) is 0 Å². The highest BCUT2D eigenvalue weighted by Gasteiger charge is 2.19. The first kappa shape index (κ1) is 9.45. The molecule has 11 heavy (non-hydrogen) atoms. The predicted molar refractivity (Wildman–Crippen MR) is 55.7 cm³/mol. The maximum atomic E-state index is 12.7. The third kappa shape index (κ3) is 2.15. The average Bonchev–Trinajstić information content (AvgIpc) is 2.08. The Morgan fingerprint density at radius 2 is 2.00 bits per heavy atom. The molecule has 0 saturated carbocycles. The average molecular weight is 284 g/mol. The molecule has 0 saturated heterocycles. The molecule has 0 unspecified atom stereocenters. The summed E-state index contributed by atoms with van der Waals surface area (Å²) >= 11 is 3.40. The lowest BCUT2D eigenvalue weighted by atomic mass is 9.89. The minimum absolute atomic E-state index is 0.0668. The van der Waals surface area contributed by atoms with Gasteiger partial charge in [-0.25, -0.2) is 0 Å². The topological polar surface area (TPSA) is 0 Å². The molecule has 3 heteroatoms. The number of halogens is 2. The highest BCUT2D eigenvalue weighted by atomic mass is 127. The molecule has 0 aliphatic carbocycles. The van der Waals surface area contributed by atoms with Gasteiger partial charge in [-0.15, -0.1) is 0 Å². The van der Waals surface area contributed by atoms with Gasteiger partial charge in [0.05, 0.1) is 2.88 Å². The molecule has 0 fully saturated rings. The second kappa shape index (κ2) is 3.01. The molecule has 0 aromatic carbocycles. The summed E-state index contributed by atoms with van der Waals surface area (Å²) in [5, 5.41) is -0.0840. The van der Waals surface area contributed by atoms with Crippen LogP contribution in [0.1, 0.15) is 26.3 Å². The van der Waals surface area contributed by atoms with Crippen molar-refractivity contribution in [2.24, 2.45) is 0 Å². The monoisotopic (exact) mass is 284 g/mol. The smallest absolute Gasteiger partial charge is 0.177 e. The van der Waals surface area contributed by atoms with Gasteiger partial charge in [-0.05, 0) is 39.6 Å². The van der Waals surface area contributed by atoms with E-state index in [1.54, 1.807) is 6.07 Å². The van der Waals surface area contributed by atoms with Crippen LogP contribution in [-0.2, 0) is 5.41 Å². The maximum Gasteiger partial charge on any atom is 0.177 e. The van der Waals surface area contributed by atoms with E-state index in [0.717, 1.165) is 8.45 Å². The van der Waals surface area contributed by atoms with Gasteiger partial charge in [0.15, 0.2) is 5.13 Å².